The Morgan fingerprint density at radius 2 is 2.00 bits per heavy atom. The summed E-state index contributed by atoms with van der Waals surface area (Å²) in [6.45, 7) is 0. The highest BCUT2D eigenvalue weighted by molar-refractivity contribution is 5.78. The number of benzene rings is 1. The molecule has 5 nitrogen and oxygen atoms in total. The second-order valence-electron chi connectivity index (χ2n) is 3.27. The van der Waals surface area contributed by atoms with Gasteiger partial charge in [-0.05, 0) is 18.2 Å². The van der Waals surface area contributed by atoms with Crippen LogP contribution in [-0.2, 0) is 7.05 Å². The molecular weight excluding hydrogens is 194 g/mol. The molecule has 2 aromatic rings. The molecule has 15 heavy (non-hydrogen) atoms. The first-order chi connectivity index (χ1) is 7.09. The van der Waals surface area contributed by atoms with Crippen molar-refractivity contribution in [3.8, 4) is 22.6 Å². The van der Waals surface area contributed by atoms with Crippen LogP contribution in [0.25, 0.3) is 11.1 Å². The summed E-state index contributed by atoms with van der Waals surface area (Å²) in [4.78, 5) is 0. The average molecular weight is 205 g/mol. The van der Waals surface area contributed by atoms with Crippen LogP contribution in [0.1, 0.15) is 0 Å². The monoisotopic (exact) mass is 205 g/mol. The van der Waals surface area contributed by atoms with E-state index in [0.29, 0.717) is 16.9 Å². The number of aromatic hydroxyl groups is 2. The highest BCUT2D eigenvalue weighted by Crippen LogP contribution is 2.34. The number of anilines is 1. The number of aryl methyl sites for hydroxylation is 1. The molecule has 0 unspecified atom stereocenters. The maximum Gasteiger partial charge on any atom is 0.129 e. The molecule has 1 aromatic carbocycles. The minimum Gasteiger partial charge on any atom is -0.508 e. The van der Waals surface area contributed by atoms with E-state index in [1.807, 2.05) is 0 Å². The van der Waals surface area contributed by atoms with Crippen molar-refractivity contribution in [2.24, 2.45) is 7.05 Å². The van der Waals surface area contributed by atoms with Crippen LogP contribution in [-0.4, -0.2) is 20.0 Å². The Hall–Kier alpha value is -2.17. The van der Waals surface area contributed by atoms with Gasteiger partial charge in [-0.3, -0.25) is 4.68 Å². The van der Waals surface area contributed by atoms with Gasteiger partial charge in [-0.1, -0.05) is 0 Å². The largest absolute Gasteiger partial charge is 0.508 e. The lowest BCUT2D eigenvalue weighted by molar-refractivity contribution is 0.462. The molecule has 4 N–H and O–H groups in total. The lowest BCUT2D eigenvalue weighted by Gasteiger charge is -2.04. The van der Waals surface area contributed by atoms with Gasteiger partial charge in [0, 0.05) is 18.2 Å². The van der Waals surface area contributed by atoms with Gasteiger partial charge in [-0.25, -0.2) is 0 Å². The van der Waals surface area contributed by atoms with Crippen molar-refractivity contribution in [1.29, 1.82) is 0 Å². The summed E-state index contributed by atoms with van der Waals surface area (Å²) < 4.78 is 1.50. The van der Waals surface area contributed by atoms with Crippen molar-refractivity contribution >= 4 is 5.82 Å². The number of hydrogen-bond acceptors (Lipinski definition) is 4. The molecule has 78 valence electrons. The van der Waals surface area contributed by atoms with Gasteiger partial charge in [-0.15, -0.1) is 0 Å². The van der Waals surface area contributed by atoms with Gasteiger partial charge in [0.05, 0.1) is 6.20 Å². The van der Waals surface area contributed by atoms with Crippen molar-refractivity contribution in [1.82, 2.24) is 9.78 Å². The third-order valence-corrected chi connectivity index (χ3v) is 2.25. The smallest absolute Gasteiger partial charge is 0.129 e. The van der Waals surface area contributed by atoms with Gasteiger partial charge in [0.15, 0.2) is 0 Å². The molecular formula is C10H11N3O2. The third kappa shape index (κ3) is 1.48. The van der Waals surface area contributed by atoms with Crippen LogP contribution in [0.15, 0.2) is 24.4 Å². The first-order valence-electron chi connectivity index (χ1n) is 4.39. The molecule has 2 rings (SSSR count). The predicted molar refractivity (Wildman–Crippen MR) is 56.4 cm³/mol. The molecule has 0 saturated heterocycles. The lowest BCUT2D eigenvalue weighted by atomic mass is 10.1. The second kappa shape index (κ2) is 3.20. The molecule has 0 aliphatic carbocycles. The maximum atomic E-state index is 9.62. The number of aromatic nitrogens is 2. The lowest BCUT2D eigenvalue weighted by Crippen LogP contribution is -1.98. The fraction of sp³-hybridized carbons (Fsp3) is 0.100. The van der Waals surface area contributed by atoms with Crippen molar-refractivity contribution in [3.05, 3.63) is 24.4 Å². The van der Waals surface area contributed by atoms with Crippen LogP contribution in [0.2, 0.25) is 0 Å². The Balaban J connectivity index is 2.63. The predicted octanol–water partition coefficient (Wildman–Crippen LogP) is 1.08. The SMILES string of the molecule is Cn1ncc(-c2cc(O)ccc2O)c1N. The maximum absolute atomic E-state index is 9.62. The van der Waals surface area contributed by atoms with Gasteiger partial charge < -0.3 is 15.9 Å². The number of nitrogen functional groups attached to an aromatic ring is 1. The minimum absolute atomic E-state index is 0.0625. The Bertz CT molecular complexity index is 505. The van der Waals surface area contributed by atoms with Gasteiger partial charge in [-0.2, -0.15) is 5.10 Å². The van der Waals surface area contributed by atoms with E-state index in [0.717, 1.165) is 0 Å². The fourth-order valence-corrected chi connectivity index (χ4v) is 1.39. The highest BCUT2D eigenvalue weighted by atomic mass is 16.3. The molecule has 0 aliphatic rings. The third-order valence-electron chi connectivity index (χ3n) is 2.25. The van der Waals surface area contributed by atoms with E-state index < -0.39 is 0 Å². The number of nitrogens with two attached hydrogens (primary N) is 1. The average Bonchev–Trinajstić information content (AvgIpc) is 2.52. The topological polar surface area (TPSA) is 84.3 Å². The summed E-state index contributed by atoms with van der Waals surface area (Å²) >= 11 is 0. The van der Waals surface area contributed by atoms with E-state index in [-0.39, 0.29) is 11.5 Å². The van der Waals surface area contributed by atoms with Gasteiger partial charge in [0.25, 0.3) is 0 Å². The minimum atomic E-state index is 0.0625. The Morgan fingerprint density at radius 3 is 2.60 bits per heavy atom. The van der Waals surface area contributed by atoms with Crippen molar-refractivity contribution in [3.63, 3.8) is 0 Å². The summed E-state index contributed by atoms with van der Waals surface area (Å²) in [7, 11) is 1.71. The van der Waals surface area contributed by atoms with Crippen LogP contribution in [0.4, 0.5) is 5.82 Å². The zero-order valence-corrected chi connectivity index (χ0v) is 8.18. The number of phenols is 2. The first kappa shape index (κ1) is 9.39. The number of phenolic OH excluding ortho intramolecular Hbond substituents is 2. The highest BCUT2D eigenvalue weighted by Gasteiger charge is 2.11. The van der Waals surface area contributed by atoms with Gasteiger partial charge in [0.2, 0.25) is 0 Å². The Morgan fingerprint density at radius 1 is 1.27 bits per heavy atom. The van der Waals surface area contributed by atoms with E-state index in [2.05, 4.69) is 5.10 Å². The molecule has 0 bridgehead atoms. The molecule has 1 aromatic heterocycles. The molecule has 0 fully saturated rings. The van der Waals surface area contributed by atoms with Crippen molar-refractivity contribution in [2.75, 3.05) is 5.73 Å². The summed E-state index contributed by atoms with van der Waals surface area (Å²) in [6.07, 6.45) is 1.55. The van der Waals surface area contributed by atoms with Crippen molar-refractivity contribution in [2.45, 2.75) is 0 Å². The van der Waals surface area contributed by atoms with Crippen molar-refractivity contribution < 1.29 is 10.2 Å². The molecule has 1 heterocycles. The molecule has 0 spiro atoms. The van der Waals surface area contributed by atoms with E-state index in [9.17, 15) is 10.2 Å². The second-order valence-corrected chi connectivity index (χ2v) is 3.27. The molecule has 0 amide bonds. The number of nitrogens with zero attached hydrogens (tertiary/aromatic N) is 2. The fourth-order valence-electron chi connectivity index (χ4n) is 1.39. The summed E-state index contributed by atoms with van der Waals surface area (Å²) in [5.41, 5.74) is 6.84. The van der Waals surface area contributed by atoms with Crippen LogP contribution in [0.5, 0.6) is 11.5 Å². The van der Waals surface area contributed by atoms with E-state index in [1.165, 1.54) is 22.9 Å². The van der Waals surface area contributed by atoms with Crippen LogP contribution >= 0.6 is 0 Å². The molecule has 5 heteroatoms. The van der Waals surface area contributed by atoms with Crippen LogP contribution in [0.3, 0.4) is 0 Å². The molecule has 0 radical (unpaired) electrons. The first-order valence-corrected chi connectivity index (χ1v) is 4.39. The molecule has 0 saturated carbocycles. The zero-order valence-electron chi connectivity index (χ0n) is 8.18. The summed E-state index contributed by atoms with van der Waals surface area (Å²) in [6, 6.07) is 4.27. The van der Waals surface area contributed by atoms with Crippen LogP contribution < -0.4 is 5.73 Å². The normalized spacial score (nSPS) is 10.5. The Labute approximate surface area is 86.4 Å². The van der Waals surface area contributed by atoms with Gasteiger partial charge in [0.1, 0.15) is 17.3 Å². The van der Waals surface area contributed by atoms with E-state index in [4.69, 9.17) is 5.73 Å². The summed E-state index contributed by atoms with van der Waals surface area (Å²) in [5, 5.41) is 22.9. The zero-order chi connectivity index (χ0) is 11.0. The number of hydrogen-bond donors (Lipinski definition) is 3. The van der Waals surface area contributed by atoms with E-state index in [1.54, 1.807) is 13.2 Å². The summed E-state index contributed by atoms with van der Waals surface area (Å²) in [5.74, 6) is 0.578. The quantitative estimate of drug-likeness (QED) is 0.608. The van der Waals surface area contributed by atoms with Crippen LogP contribution in [0, 0.1) is 0 Å². The molecule has 0 atom stereocenters. The number of rotatable bonds is 1. The molecule has 0 aliphatic heterocycles. The van der Waals surface area contributed by atoms with E-state index >= 15 is 0 Å². The Kier molecular flexibility index (Phi) is 2.00. The standard InChI is InChI=1S/C10H11N3O2/c1-13-10(11)8(5-12-13)7-4-6(14)2-3-9(7)15/h2-5,14-15H,11H2,1H3. The van der Waals surface area contributed by atoms with Gasteiger partial charge >= 0.3 is 0 Å².